The SMILES string of the molecule is COS(=O)[O-].[K+]. The topological polar surface area (TPSA) is 49.4 Å². The van der Waals surface area contributed by atoms with Gasteiger partial charge in [0.2, 0.25) is 0 Å². The Morgan fingerprint density at radius 3 is 2.00 bits per heavy atom. The van der Waals surface area contributed by atoms with E-state index in [1.807, 2.05) is 0 Å². The van der Waals surface area contributed by atoms with E-state index < -0.39 is 11.4 Å². The van der Waals surface area contributed by atoms with Gasteiger partial charge in [0, 0.05) is 0 Å². The summed E-state index contributed by atoms with van der Waals surface area (Å²) < 4.78 is 22.0. The minimum absolute atomic E-state index is 0. The normalized spacial score (nSPS) is 12.3. The maximum atomic E-state index is 9.15. The number of hydrogen-bond acceptors (Lipinski definition) is 3. The van der Waals surface area contributed by atoms with Crippen molar-refractivity contribution in [1.82, 2.24) is 0 Å². The van der Waals surface area contributed by atoms with E-state index in [1.165, 1.54) is 0 Å². The van der Waals surface area contributed by atoms with Gasteiger partial charge in [0.05, 0.1) is 18.5 Å². The Bertz CT molecular complexity index is 46.1. The summed E-state index contributed by atoms with van der Waals surface area (Å²) >= 11 is -2.32. The van der Waals surface area contributed by atoms with Crippen LogP contribution < -0.4 is 51.4 Å². The summed E-state index contributed by atoms with van der Waals surface area (Å²) in [7, 11) is 1.09. The van der Waals surface area contributed by atoms with Crippen LogP contribution >= 0.6 is 0 Å². The molecular formula is CH3KO3S. The van der Waals surface area contributed by atoms with Crippen LogP contribution in [0.4, 0.5) is 0 Å². The predicted molar refractivity (Wildman–Crippen MR) is 15.9 cm³/mol. The van der Waals surface area contributed by atoms with Gasteiger partial charge < -0.3 is 8.74 Å². The van der Waals surface area contributed by atoms with Crippen molar-refractivity contribution in [1.29, 1.82) is 0 Å². The van der Waals surface area contributed by atoms with Crippen molar-refractivity contribution in [2.45, 2.75) is 0 Å². The molecule has 0 bridgehead atoms. The van der Waals surface area contributed by atoms with Gasteiger partial charge in [0.25, 0.3) is 0 Å². The summed E-state index contributed by atoms with van der Waals surface area (Å²) in [4.78, 5) is 0. The molecule has 0 saturated carbocycles. The van der Waals surface area contributed by atoms with Crippen LogP contribution in [0.15, 0.2) is 0 Å². The summed E-state index contributed by atoms with van der Waals surface area (Å²) in [5.41, 5.74) is 0. The van der Waals surface area contributed by atoms with E-state index in [-0.39, 0.29) is 51.4 Å². The summed E-state index contributed by atoms with van der Waals surface area (Å²) in [6.45, 7) is 0. The minimum atomic E-state index is -2.32. The summed E-state index contributed by atoms with van der Waals surface area (Å²) in [6, 6.07) is 0. The molecule has 6 heavy (non-hydrogen) atoms. The number of hydrogen-bond donors (Lipinski definition) is 0. The van der Waals surface area contributed by atoms with E-state index in [4.69, 9.17) is 8.76 Å². The molecule has 1 unspecified atom stereocenters. The molecule has 32 valence electrons. The van der Waals surface area contributed by atoms with Crippen LogP contribution in [0.1, 0.15) is 0 Å². The second kappa shape index (κ2) is 6.71. The van der Waals surface area contributed by atoms with Crippen molar-refractivity contribution in [3.05, 3.63) is 0 Å². The summed E-state index contributed by atoms with van der Waals surface area (Å²) in [5, 5.41) is 0. The van der Waals surface area contributed by atoms with Crippen molar-refractivity contribution >= 4 is 11.4 Å². The van der Waals surface area contributed by atoms with Crippen LogP contribution in [0.5, 0.6) is 0 Å². The van der Waals surface area contributed by atoms with Crippen molar-refractivity contribution < 1.29 is 64.3 Å². The van der Waals surface area contributed by atoms with Gasteiger partial charge in [-0.05, 0) is 0 Å². The molecule has 0 rings (SSSR count). The van der Waals surface area contributed by atoms with Gasteiger partial charge in [0.15, 0.2) is 0 Å². The van der Waals surface area contributed by atoms with Crippen molar-refractivity contribution in [3.8, 4) is 0 Å². The molecule has 0 aromatic carbocycles. The van der Waals surface area contributed by atoms with Crippen molar-refractivity contribution in [2.24, 2.45) is 0 Å². The zero-order valence-electron chi connectivity index (χ0n) is 3.63. The Balaban J connectivity index is 0. The Hall–Kier alpha value is 1.71. The van der Waals surface area contributed by atoms with Gasteiger partial charge >= 0.3 is 51.4 Å². The largest absolute Gasteiger partial charge is 1.00 e. The monoisotopic (exact) mass is 134 g/mol. The van der Waals surface area contributed by atoms with Crippen LogP contribution in [0, 0.1) is 0 Å². The molecule has 0 aromatic rings. The molecule has 0 spiro atoms. The van der Waals surface area contributed by atoms with Gasteiger partial charge in [0.1, 0.15) is 0 Å². The Kier molecular flexibility index (Phi) is 11.9. The van der Waals surface area contributed by atoms with Crippen molar-refractivity contribution in [3.63, 3.8) is 0 Å². The van der Waals surface area contributed by atoms with E-state index in [0.29, 0.717) is 0 Å². The second-order valence-electron chi connectivity index (χ2n) is 0.371. The molecule has 0 aliphatic rings. The molecule has 0 N–H and O–H groups in total. The Morgan fingerprint density at radius 1 is 1.83 bits per heavy atom. The smallest absolute Gasteiger partial charge is 0.750 e. The standard InChI is InChI=1S/CH4O3S.K/c1-4-5(2)3;/h1H3,(H,2,3);/q;+1/p-1. The molecule has 1 atom stereocenters. The van der Waals surface area contributed by atoms with E-state index in [0.717, 1.165) is 7.11 Å². The predicted octanol–water partition coefficient (Wildman–Crippen LogP) is -3.57. The van der Waals surface area contributed by atoms with Gasteiger partial charge in [-0.25, -0.2) is 4.21 Å². The molecule has 0 heterocycles. The third-order valence-corrected chi connectivity index (χ3v) is 0.408. The first kappa shape index (κ1) is 10.6. The Morgan fingerprint density at radius 2 is 2.00 bits per heavy atom. The molecular weight excluding hydrogens is 131 g/mol. The zero-order valence-corrected chi connectivity index (χ0v) is 7.57. The van der Waals surface area contributed by atoms with E-state index in [1.54, 1.807) is 0 Å². The average molecular weight is 134 g/mol. The van der Waals surface area contributed by atoms with Crippen LogP contribution in [0.2, 0.25) is 0 Å². The fraction of sp³-hybridized carbons (Fsp3) is 1.00. The first-order chi connectivity index (χ1) is 2.27. The van der Waals surface area contributed by atoms with Crippen LogP contribution in [0.25, 0.3) is 0 Å². The van der Waals surface area contributed by atoms with E-state index in [2.05, 4.69) is 4.18 Å². The molecule has 3 nitrogen and oxygen atoms in total. The van der Waals surface area contributed by atoms with Crippen molar-refractivity contribution in [2.75, 3.05) is 7.11 Å². The molecule has 5 heteroatoms. The van der Waals surface area contributed by atoms with Crippen LogP contribution in [-0.2, 0) is 15.5 Å². The quantitative estimate of drug-likeness (QED) is 0.275. The van der Waals surface area contributed by atoms with Crippen LogP contribution in [0.3, 0.4) is 0 Å². The first-order valence-corrected chi connectivity index (χ1v) is 1.91. The molecule has 0 aliphatic heterocycles. The van der Waals surface area contributed by atoms with Crippen LogP contribution in [-0.4, -0.2) is 15.9 Å². The molecule has 0 aliphatic carbocycles. The first-order valence-electron chi connectivity index (χ1n) is 0.908. The van der Waals surface area contributed by atoms with Gasteiger partial charge in [-0.1, -0.05) is 0 Å². The van der Waals surface area contributed by atoms with E-state index in [9.17, 15) is 0 Å². The Labute approximate surface area is 81.4 Å². The maximum Gasteiger partial charge on any atom is 1.00 e. The minimum Gasteiger partial charge on any atom is -0.750 e. The second-order valence-corrected chi connectivity index (χ2v) is 1.11. The summed E-state index contributed by atoms with van der Waals surface area (Å²) in [6.07, 6.45) is 0. The molecule has 0 amide bonds. The zero-order chi connectivity index (χ0) is 4.28. The summed E-state index contributed by atoms with van der Waals surface area (Å²) in [5.74, 6) is 0. The fourth-order valence-corrected chi connectivity index (χ4v) is 0. The fourth-order valence-electron chi connectivity index (χ4n) is 0. The third kappa shape index (κ3) is 9.20. The number of rotatable bonds is 1. The van der Waals surface area contributed by atoms with Gasteiger partial charge in [-0.3, -0.25) is 0 Å². The molecule has 0 radical (unpaired) electrons. The average Bonchev–Trinajstić information content (AvgIpc) is 1.38. The molecule has 0 aromatic heterocycles. The molecule has 0 fully saturated rings. The third-order valence-electron chi connectivity index (χ3n) is 0.136. The maximum absolute atomic E-state index is 9.15. The molecule has 0 saturated heterocycles. The van der Waals surface area contributed by atoms with E-state index >= 15 is 0 Å². The van der Waals surface area contributed by atoms with Gasteiger partial charge in [-0.2, -0.15) is 0 Å². The van der Waals surface area contributed by atoms with Gasteiger partial charge in [-0.15, -0.1) is 0 Å².